The molecule has 0 bridgehead atoms. The highest BCUT2D eigenvalue weighted by Crippen LogP contribution is 2.18. The standard InChI is InChI=1S/C11H11NO2/c13-10-6-7-12(11(14)8-10)9-4-2-1-3-5-9/h1-5H,6-8H2. The molecule has 1 heterocycles. The van der Waals surface area contributed by atoms with Crippen LogP contribution in [0.3, 0.4) is 0 Å². The number of hydrogen-bond donors (Lipinski definition) is 0. The lowest BCUT2D eigenvalue weighted by molar-refractivity contribution is -0.128. The third-order valence-corrected chi connectivity index (χ3v) is 2.33. The maximum absolute atomic E-state index is 11.5. The van der Waals surface area contributed by atoms with E-state index in [9.17, 15) is 9.59 Å². The zero-order valence-corrected chi connectivity index (χ0v) is 7.77. The summed E-state index contributed by atoms with van der Waals surface area (Å²) in [5.74, 6) is -0.0466. The van der Waals surface area contributed by atoms with Gasteiger partial charge in [0.25, 0.3) is 0 Å². The second-order valence-corrected chi connectivity index (χ2v) is 3.35. The van der Waals surface area contributed by atoms with Gasteiger partial charge in [-0.15, -0.1) is 0 Å². The lowest BCUT2D eigenvalue weighted by atomic mass is 10.1. The SMILES string of the molecule is O=C1CCN(c2ccccc2)C(=O)C1. The van der Waals surface area contributed by atoms with Gasteiger partial charge in [0.05, 0.1) is 6.42 Å². The third kappa shape index (κ3) is 1.66. The molecule has 3 heteroatoms. The van der Waals surface area contributed by atoms with Crippen LogP contribution >= 0.6 is 0 Å². The molecule has 0 aromatic heterocycles. The number of nitrogens with zero attached hydrogens (tertiary/aromatic N) is 1. The van der Waals surface area contributed by atoms with Gasteiger partial charge in [0.2, 0.25) is 5.91 Å². The van der Waals surface area contributed by atoms with E-state index < -0.39 is 0 Å². The third-order valence-electron chi connectivity index (χ3n) is 2.33. The summed E-state index contributed by atoms with van der Waals surface area (Å²) in [4.78, 5) is 24.2. The second kappa shape index (κ2) is 3.62. The summed E-state index contributed by atoms with van der Waals surface area (Å²) in [7, 11) is 0. The Hall–Kier alpha value is -1.64. The minimum atomic E-state index is -0.0903. The minimum absolute atomic E-state index is 0.0437. The van der Waals surface area contributed by atoms with Crippen molar-refractivity contribution in [2.75, 3.05) is 11.4 Å². The van der Waals surface area contributed by atoms with Gasteiger partial charge in [-0.25, -0.2) is 0 Å². The number of amides is 1. The molecule has 0 unspecified atom stereocenters. The van der Waals surface area contributed by atoms with E-state index in [0.717, 1.165) is 5.69 Å². The Bertz CT molecular complexity index is 359. The Morgan fingerprint density at radius 3 is 2.43 bits per heavy atom. The Kier molecular flexibility index (Phi) is 2.31. The predicted octanol–water partition coefficient (Wildman–Crippen LogP) is 1.38. The van der Waals surface area contributed by atoms with Gasteiger partial charge >= 0.3 is 0 Å². The maximum atomic E-state index is 11.5. The number of anilines is 1. The van der Waals surface area contributed by atoms with Gasteiger partial charge in [-0.05, 0) is 12.1 Å². The normalized spacial score (nSPS) is 17.3. The van der Waals surface area contributed by atoms with Crippen molar-refractivity contribution in [3.8, 4) is 0 Å². The molecular formula is C11H11NO2. The molecule has 1 fully saturated rings. The van der Waals surface area contributed by atoms with E-state index in [1.165, 1.54) is 0 Å². The van der Waals surface area contributed by atoms with E-state index in [1.807, 2.05) is 30.3 Å². The van der Waals surface area contributed by atoms with Crippen LogP contribution in [0.25, 0.3) is 0 Å². The monoisotopic (exact) mass is 189 g/mol. The number of carbonyl (C=O) groups excluding carboxylic acids is 2. The number of ketones is 1. The molecule has 0 aliphatic carbocycles. The molecule has 1 aromatic rings. The van der Waals surface area contributed by atoms with Gasteiger partial charge in [-0.1, -0.05) is 18.2 Å². The highest BCUT2D eigenvalue weighted by molar-refractivity contribution is 6.08. The van der Waals surface area contributed by atoms with Gasteiger partial charge in [0.1, 0.15) is 5.78 Å². The fraction of sp³-hybridized carbons (Fsp3) is 0.273. The summed E-state index contributed by atoms with van der Waals surface area (Å²) in [5.41, 5.74) is 0.880. The average Bonchev–Trinajstić information content (AvgIpc) is 2.19. The smallest absolute Gasteiger partial charge is 0.234 e. The maximum Gasteiger partial charge on any atom is 0.234 e. The molecule has 0 N–H and O–H groups in total. The lowest BCUT2D eigenvalue weighted by Gasteiger charge is -2.25. The first-order valence-electron chi connectivity index (χ1n) is 4.64. The van der Waals surface area contributed by atoms with Gasteiger partial charge in [0, 0.05) is 18.7 Å². The predicted molar refractivity (Wildman–Crippen MR) is 53.0 cm³/mol. The van der Waals surface area contributed by atoms with Crippen LogP contribution in [0.2, 0.25) is 0 Å². The highest BCUT2D eigenvalue weighted by atomic mass is 16.2. The van der Waals surface area contributed by atoms with Crippen LogP contribution in [0.1, 0.15) is 12.8 Å². The van der Waals surface area contributed by atoms with Crippen molar-refractivity contribution in [3.63, 3.8) is 0 Å². The van der Waals surface area contributed by atoms with E-state index in [4.69, 9.17) is 0 Å². The van der Waals surface area contributed by atoms with Crippen molar-refractivity contribution >= 4 is 17.4 Å². The minimum Gasteiger partial charge on any atom is -0.312 e. The van der Waals surface area contributed by atoms with E-state index in [-0.39, 0.29) is 18.1 Å². The molecule has 1 aliphatic heterocycles. The quantitative estimate of drug-likeness (QED) is 0.626. The van der Waals surface area contributed by atoms with Gasteiger partial charge in [0.15, 0.2) is 0 Å². The zero-order valence-electron chi connectivity index (χ0n) is 7.77. The Morgan fingerprint density at radius 1 is 1.07 bits per heavy atom. The number of para-hydroxylation sites is 1. The van der Waals surface area contributed by atoms with Crippen LogP contribution in [0, 0.1) is 0 Å². The van der Waals surface area contributed by atoms with Gasteiger partial charge in [-0.3, -0.25) is 9.59 Å². The number of piperidine rings is 1. The molecule has 1 aliphatic rings. The number of carbonyl (C=O) groups is 2. The lowest BCUT2D eigenvalue weighted by Crippen LogP contribution is -2.38. The highest BCUT2D eigenvalue weighted by Gasteiger charge is 2.24. The fourth-order valence-corrected chi connectivity index (χ4v) is 1.59. The molecule has 2 rings (SSSR count). The van der Waals surface area contributed by atoms with E-state index in [0.29, 0.717) is 13.0 Å². The second-order valence-electron chi connectivity index (χ2n) is 3.35. The molecule has 1 aromatic carbocycles. The van der Waals surface area contributed by atoms with Crippen molar-refractivity contribution < 1.29 is 9.59 Å². The number of benzene rings is 1. The Labute approximate surface area is 82.3 Å². The van der Waals surface area contributed by atoms with Crippen molar-refractivity contribution in [2.45, 2.75) is 12.8 Å². The topological polar surface area (TPSA) is 37.4 Å². The van der Waals surface area contributed by atoms with Crippen LogP contribution in [0.15, 0.2) is 30.3 Å². The summed E-state index contributed by atoms with van der Waals surface area (Å²) in [6.45, 7) is 0.516. The molecule has 0 saturated carbocycles. The molecule has 14 heavy (non-hydrogen) atoms. The van der Waals surface area contributed by atoms with E-state index >= 15 is 0 Å². The summed E-state index contributed by atoms with van der Waals surface area (Å²) in [5, 5.41) is 0. The largest absolute Gasteiger partial charge is 0.312 e. The summed E-state index contributed by atoms with van der Waals surface area (Å²) < 4.78 is 0. The van der Waals surface area contributed by atoms with Crippen molar-refractivity contribution in [1.82, 2.24) is 0 Å². The fourth-order valence-electron chi connectivity index (χ4n) is 1.59. The van der Waals surface area contributed by atoms with Crippen LogP contribution < -0.4 is 4.90 Å². The molecule has 1 saturated heterocycles. The number of Topliss-reactive ketones (excluding diaryl/α,β-unsaturated/α-hetero) is 1. The molecule has 72 valence electrons. The molecular weight excluding hydrogens is 178 g/mol. The van der Waals surface area contributed by atoms with Gasteiger partial charge < -0.3 is 4.90 Å². The number of hydrogen-bond acceptors (Lipinski definition) is 2. The van der Waals surface area contributed by atoms with E-state index in [2.05, 4.69) is 0 Å². The first-order chi connectivity index (χ1) is 6.77. The number of rotatable bonds is 1. The van der Waals surface area contributed by atoms with E-state index in [1.54, 1.807) is 4.90 Å². The summed E-state index contributed by atoms with van der Waals surface area (Å²) in [6.07, 6.45) is 0.523. The summed E-state index contributed by atoms with van der Waals surface area (Å²) in [6, 6.07) is 9.45. The van der Waals surface area contributed by atoms with Crippen LogP contribution in [0.4, 0.5) is 5.69 Å². The van der Waals surface area contributed by atoms with Crippen LogP contribution in [-0.2, 0) is 9.59 Å². The van der Waals surface area contributed by atoms with Crippen LogP contribution in [0.5, 0.6) is 0 Å². The van der Waals surface area contributed by atoms with Crippen molar-refractivity contribution in [1.29, 1.82) is 0 Å². The first kappa shape index (κ1) is 8.94. The first-order valence-corrected chi connectivity index (χ1v) is 4.64. The molecule has 0 spiro atoms. The van der Waals surface area contributed by atoms with Crippen molar-refractivity contribution in [3.05, 3.63) is 30.3 Å². The zero-order chi connectivity index (χ0) is 9.97. The van der Waals surface area contributed by atoms with Crippen LogP contribution in [-0.4, -0.2) is 18.2 Å². The molecule has 1 amide bonds. The average molecular weight is 189 g/mol. The summed E-state index contributed by atoms with van der Waals surface area (Å²) >= 11 is 0. The molecule has 0 radical (unpaired) electrons. The van der Waals surface area contributed by atoms with Gasteiger partial charge in [-0.2, -0.15) is 0 Å². The van der Waals surface area contributed by atoms with Crippen molar-refractivity contribution in [2.24, 2.45) is 0 Å². The Balaban J connectivity index is 2.20. The molecule has 0 atom stereocenters. The Morgan fingerprint density at radius 2 is 1.79 bits per heavy atom. The molecule has 3 nitrogen and oxygen atoms in total.